The molecule has 1 fully saturated rings. The minimum atomic E-state index is -0.126. The van der Waals surface area contributed by atoms with Gasteiger partial charge >= 0.3 is 0 Å². The molecule has 3 heterocycles. The molecule has 1 aliphatic heterocycles. The summed E-state index contributed by atoms with van der Waals surface area (Å²) in [4.78, 5) is 39.7. The maximum atomic E-state index is 13.4. The van der Waals surface area contributed by atoms with Gasteiger partial charge in [-0.25, -0.2) is 9.97 Å². The summed E-state index contributed by atoms with van der Waals surface area (Å²) < 4.78 is 1.63. The van der Waals surface area contributed by atoms with Crippen LogP contribution in [0.5, 0.6) is 0 Å². The van der Waals surface area contributed by atoms with Crippen molar-refractivity contribution >= 4 is 34.4 Å². The van der Waals surface area contributed by atoms with Crippen LogP contribution in [0.2, 0.25) is 0 Å². The SMILES string of the molecule is Cc1ccccc1-n1c(SCC(=O)N2CCN(c3ccccn3)CC2)nc2ccccc2c1=O. The number of carbonyl (C=O) groups excluding carboxylic acids is 1. The van der Waals surface area contributed by atoms with Crippen LogP contribution in [0.1, 0.15) is 5.56 Å². The Hall–Kier alpha value is -3.65. The van der Waals surface area contributed by atoms with E-state index in [9.17, 15) is 9.59 Å². The number of benzene rings is 2. The number of nitrogens with zero attached hydrogens (tertiary/aromatic N) is 5. The molecular weight excluding hydrogens is 446 g/mol. The first-order chi connectivity index (χ1) is 16.6. The molecule has 1 aliphatic rings. The lowest BCUT2D eigenvalue weighted by Crippen LogP contribution is -2.49. The van der Waals surface area contributed by atoms with E-state index in [0.29, 0.717) is 29.1 Å². The Kier molecular flexibility index (Phi) is 6.31. The first-order valence-corrected chi connectivity index (χ1v) is 12.2. The second-order valence-corrected chi connectivity index (χ2v) is 9.13. The van der Waals surface area contributed by atoms with Gasteiger partial charge in [-0.15, -0.1) is 0 Å². The summed E-state index contributed by atoms with van der Waals surface area (Å²) in [7, 11) is 0. The third-order valence-electron chi connectivity index (χ3n) is 6.03. The molecule has 7 nitrogen and oxygen atoms in total. The highest BCUT2D eigenvalue weighted by Crippen LogP contribution is 2.24. The summed E-state index contributed by atoms with van der Waals surface area (Å²) in [6, 6.07) is 20.9. The van der Waals surface area contributed by atoms with Gasteiger partial charge in [-0.2, -0.15) is 0 Å². The van der Waals surface area contributed by atoms with Crippen molar-refractivity contribution in [1.82, 2.24) is 19.4 Å². The minimum Gasteiger partial charge on any atom is -0.353 e. The molecule has 0 bridgehead atoms. The Bertz CT molecular complexity index is 1380. The van der Waals surface area contributed by atoms with Gasteiger partial charge in [0.25, 0.3) is 5.56 Å². The molecule has 0 saturated carbocycles. The number of thioether (sulfide) groups is 1. The lowest BCUT2D eigenvalue weighted by molar-refractivity contribution is -0.128. The largest absolute Gasteiger partial charge is 0.353 e. The van der Waals surface area contributed by atoms with E-state index in [2.05, 4.69) is 9.88 Å². The lowest BCUT2D eigenvalue weighted by atomic mass is 10.2. The van der Waals surface area contributed by atoms with E-state index in [0.717, 1.165) is 30.2 Å². The summed E-state index contributed by atoms with van der Waals surface area (Å²) in [5.74, 6) is 1.20. The molecule has 0 radical (unpaired) electrons. The molecular formula is C26H25N5O2S. The molecule has 1 saturated heterocycles. The summed E-state index contributed by atoms with van der Waals surface area (Å²) in [6.45, 7) is 4.75. The van der Waals surface area contributed by atoms with E-state index in [1.54, 1.807) is 16.8 Å². The second kappa shape index (κ2) is 9.69. The van der Waals surface area contributed by atoms with E-state index in [1.165, 1.54) is 11.8 Å². The Labute approximate surface area is 202 Å². The average molecular weight is 472 g/mol. The zero-order valence-corrected chi connectivity index (χ0v) is 19.7. The van der Waals surface area contributed by atoms with Crippen LogP contribution in [0.15, 0.2) is 82.9 Å². The van der Waals surface area contributed by atoms with Gasteiger partial charge in [-0.1, -0.05) is 48.2 Å². The number of hydrogen-bond acceptors (Lipinski definition) is 6. The van der Waals surface area contributed by atoms with Crippen LogP contribution in [0.3, 0.4) is 0 Å². The average Bonchev–Trinajstić information content (AvgIpc) is 2.89. The maximum Gasteiger partial charge on any atom is 0.266 e. The molecule has 0 aliphatic carbocycles. The predicted molar refractivity (Wildman–Crippen MR) is 136 cm³/mol. The van der Waals surface area contributed by atoms with Gasteiger partial charge in [-0.05, 0) is 42.8 Å². The maximum absolute atomic E-state index is 13.4. The monoisotopic (exact) mass is 471 g/mol. The molecule has 0 spiro atoms. The van der Waals surface area contributed by atoms with Gasteiger partial charge in [-0.3, -0.25) is 14.2 Å². The predicted octanol–water partition coefficient (Wildman–Crippen LogP) is 3.53. The zero-order chi connectivity index (χ0) is 23.5. The topological polar surface area (TPSA) is 71.3 Å². The number of hydrogen-bond donors (Lipinski definition) is 0. The van der Waals surface area contributed by atoms with Gasteiger partial charge in [0.15, 0.2) is 5.16 Å². The van der Waals surface area contributed by atoms with E-state index in [4.69, 9.17) is 4.98 Å². The summed E-state index contributed by atoms with van der Waals surface area (Å²) in [5.41, 5.74) is 2.26. The van der Waals surface area contributed by atoms with Crippen LogP contribution in [-0.2, 0) is 4.79 Å². The summed E-state index contributed by atoms with van der Waals surface area (Å²) in [5, 5.41) is 1.09. The molecule has 2 aromatic carbocycles. The molecule has 34 heavy (non-hydrogen) atoms. The molecule has 0 unspecified atom stereocenters. The lowest BCUT2D eigenvalue weighted by Gasteiger charge is -2.35. The Morgan fingerprint density at radius 1 is 0.941 bits per heavy atom. The Morgan fingerprint density at radius 2 is 1.68 bits per heavy atom. The van der Waals surface area contributed by atoms with Crippen molar-refractivity contribution in [2.45, 2.75) is 12.1 Å². The van der Waals surface area contributed by atoms with Crippen molar-refractivity contribution < 1.29 is 4.79 Å². The fraction of sp³-hybridized carbons (Fsp3) is 0.231. The molecule has 8 heteroatoms. The smallest absolute Gasteiger partial charge is 0.266 e. The zero-order valence-electron chi connectivity index (χ0n) is 18.9. The summed E-state index contributed by atoms with van der Waals surface area (Å²) >= 11 is 1.31. The van der Waals surface area contributed by atoms with Crippen molar-refractivity contribution in [3.05, 3.63) is 88.8 Å². The van der Waals surface area contributed by atoms with Crippen molar-refractivity contribution in [3.8, 4) is 5.69 Å². The first kappa shape index (κ1) is 22.2. The van der Waals surface area contributed by atoms with Gasteiger partial charge in [0.1, 0.15) is 5.82 Å². The van der Waals surface area contributed by atoms with Crippen molar-refractivity contribution in [2.24, 2.45) is 0 Å². The highest BCUT2D eigenvalue weighted by atomic mass is 32.2. The quantitative estimate of drug-likeness (QED) is 0.328. The molecule has 2 aromatic heterocycles. The van der Waals surface area contributed by atoms with Crippen molar-refractivity contribution in [3.63, 3.8) is 0 Å². The highest BCUT2D eigenvalue weighted by Gasteiger charge is 2.23. The van der Waals surface area contributed by atoms with E-state index < -0.39 is 0 Å². The number of rotatable bonds is 5. The van der Waals surface area contributed by atoms with Crippen LogP contribution in [0, 0.1) is 6.92 Å². The number of anilines is 1. The first-order valence-electron chi connectivity index (χ1n) is 11.3. The third kappa shape index (κ3) is 4.41. The van der Waals surface area contributed by atoms with Crippen LogP contribution in [0.4, 0.5) is 5.82 Å². The Balaban J connectivity index is 1.36. The molecule has 4 aromatic rings. The molecule has 172 valence electrons. The molecule has 5 rings (SSSR count). The van der Waals surface area contributed by atoms with Gasteiger partial charge < -0.3 is 9.80 Å². The van der Waals surface area contributed by atoms with Crippen LogP contribution in [0.25, 0.3) is 16.6 Å². The minimum absolute atomic E-state index is 0.0458. The number of fused-ring (bicyclic) bond motifs is 1. The van der Waals surface area contributed by atoms with Crippen LogP contribution in [-0.4, -0.2) is 57.3 Å². The van der Waals surface area contributed by atoms with E-state index in [1.807, 2.05) is 72.5 Å². The number of aryl methyl sites for hydroxylation is 1. The van der Waals surface area contributed by atoms with Crippen LogP contribution >= 0.6 is 11.8 Å². The highest BCUT2D eigenvalue weighted by molar-refractivity contribution is 7.99. The number of piperazine rings is 1. The standard InChI is InChI=1S/C26H25N5O2S/c1-19-8-2-5-11-22(19)31-25(33)20-9-3-4-10-21(20)28-26(31)34-18-24(32)30-16-14-29(15-17-30)23-12-6-7-13-27-23/h2-13H,14-18H2,1H3. The van der Waals surface area contributed by atoms with E-state index in [-0.39, 0.29) is 17.2 Å². The normalized spacial score (nSPS) is 13.9. The van der Waals surface area contributed by atoms with Crippen molar-refractivity contribution in [1.29, 1.82) is 0 Å². The fourth-order valence-corrected chi connectivity index (χ4v) is 5.09. The van der Waals surface area contributed by atoms with Crippen LogP contribution < -0.4 is 10.5 Å². The number of carbonyl (C=O) groups is 1. The summed E-state index contributed by atoms with van der Waals surface area (Å²) in [6.07, 6.45) is 1.79. The van der Waals surface area contributed by atoms with Crippen molar-refractivity contribution in [2.75, 3.05) is 36.8 Å². The van der Waals surface area contributed by atoms with E-state index >= 15 is 0 Å². The molecule has 0 N–H and O–H groups in total. The number of aromatic nitrogens is 3. The molecule has 1 amide bonds. The van der Waals surface area contributed by atoms with Gasteiger partial charge in [0, 0.05) is 32.4 Å². The number of para-hydroxylation sites is 2. The number of pyridine rings is 1. The van der Waals surface area contributed by atoms with Gasteiger partial charge in [0.05, 0.1) is 22.3 Å². The Morgan fingerprint density at radius 3 is 2.44 bits per heavy atom. The second-order valence-electron chi connectivity index (χ2n) is 8.18. The van der Waals surface area contributed by atoms with Gasteiger partial charge in [0.2, 0.25) is 5.91 Å². The molecule has 0 atom stereocenters. The third-order valence-corrected chi connectivity index (χ3v) is 6.96. The number of amides is 1. The fourth-order valence-electron chi connectivity index (χ4n) is 4.18.